The third-order valence-corrected chi connectivity index (χ3v) is 4.89. The van der Waals surface area contributed by atoms with Gasteiger partial charge < -0.3 is 19.9 Å². The summed E-state index contributed by atoms with van der Waals surface area (Å²) in [4.78, 5) is 28.9. The lowest BCUT2D eigenvalue weighted by molar-refractivity contribution is -0.118. The Hall–Kier alpha value is -3.02. The van der Waals surface area contributed by atoms with Gasteiger partial charge in [-0.1, -0.05) is 32.0 Å². The molecule has 1 aliphatic heterocycles. The fraction of sp³-hybridized carbons (Fsp3) is 0.364. The van der Waals surface area contributed by atoms with E-state index in [4.69, 9.17) is 4.74 Å². The number of amides is 2. The van der Waals surface area contributed by atoms with Crippen LogP contribution in [-0.2, 0) is 4.79 Å². The molecule has 1 heterocycles. The summed E-state index contributed by atoms with van der Waals surface area (Å²) in [6, 6.07) is 15.1. The minimum Gasteiger partial charge on any atom is -0.495 e. The van der Waals surface area contributed by atoms with Crippen LogP contribution in [0.4, 0.5) is 11.4 Å². The first-order chi connectivity index (χ1) is 13.5. The Balaban J connectivity index is 1.65. The highest BCUT2D eigenvalue weighted by molar-refractivity contribution is 5.97. The van der Waals surface area contributed by atoms with Gasteiger partial charge in [0.15, 0.2) is 0 Å². The largest absolute Gasteiger partial charge is 0.495 e. The zero-order valence-corrected chi connectivity index (χ0v) is 16.6. The molecule has 2 aromatic rings. The maximum absolute atomic E-state index is 12.9. The van der Waals surface area contributed by atoms with E-state index in [9.17, 15) is 9.59 Å². The Morgan fingerprint density at radius 3 is 2.39 bits per heavy atom. The number of carbonyl (C=O) groups is 2. The zero-order chi connectivity index (χ0) is 20.1. The molecule has 0 radical (unpaired) electrons. The van der Waals surface area contributed by atoms with Gasteiger partial charge in [-0.2, -0.15) is 0 Å². The highest BCUT2D eigenvalue weighted by Gasteiger charge is 2.24. The van der Waals surface area contributed by atoms with Crippen LogP contribution in [0, 0.1) is 5.92 Å². The second-order valence-corrected chi connectivity index (χ2v) is 7.18. The molecular formula is C22H27N3O3. The standard InChI is InChI=1S/C22H27N3O3/c1-16(2)21(26)23-18-8-6-7-17(15-18)22(27)25-13-11-24(12-14-25)19-9-4-5-10-20(19)28-3/h4-10,15-16H,11-14H2,1-3H3,(H,23,26). The number of methoxy groups -OCH3 is 1. The molecule has 0 spiro atoms. The van der Waals surface area contributed by atoms with Crippen molar-refractivity contribution in [3.63, 3.8) is 0 Å². The van der Waals surface area contributed by atoms with Crippen molar-refractivity contribution < 1.29 is 14.3 Å². The molecule has 0 aromatic heterocycles. The predicted octanol–water partition coefficient (Wildman–Crippen LogP) is 3.25. The highest BCUT2D eigenvalue weighted by Crippen LogP contribution is 2.28. The summed E-state index contributed by atoms with van der Waals surface area (Å²) in [5, 5.41) is 2.85. The number of carbonyl (C=O) groups excluding carboxylic acids is 2. The van der Waals surface area contributed by atoms with Crippen molar-refractivity contribution >= 4 is 23.2 Å². The molecule has 3 rings (SSSR count). The van der Waals surface area contributed by atoms with Crippen LogP contribution >= 0.6 is 0 Å². The molecule has 0 atom stereocenters. The minimum atomic E-state index is -0.109. The number of para-hydroxylation sites is 2. The van der Waals surface area contributed by atoms with Gasteiger partial charge in [-0.25, -0.2) is 0 Å². The van der Waals surface area contributed by atoms with Crippen molar-refractivity contribution in [2.75, 3.05) is 43.5 Å². The van der Waals surface area contributed by atoms with Gasteiger partial charge in [0.25, 0.3) is 5.91 Å². The average Bonchev–Trinajstić information content (AvgIpc) is 2.73. The molecule has 1 aliphatic rings. The Bertz CT molecular complexity index is 842. The van der Waals surface area contributed by atoms with Gasteiger partial charge in [0.1, 0.15) is 5.75 Å². The molecule has 1 fully saturated rings. The molecule has 2 amide bonds. The smallest absolute Gasteiger partial charge is 0.254 e. The van der Waals surface area contributed by atoms with E-state index in [1.807, 2.05) is 43.0 Å². The lowest BCUT2D eigenvalue weighted by atomic mass is 10.1. The fourth-order valence-electron chi connectivity index (χ4n) is 3.24. The Kier molecular flexibility index (Phi) is 6.19. The molecule has 6 heteroatoms. The van der Waals surface area contributed by atoms with E-state index in [0.717, 1.165) is 24.5 Å². The Morgan fingerprint density at radius 2 is 1.71 bits per heavy atom. The molecule has 0 aliphatic carbocycles. The average molecular weight is 381 g/mol. The van der Waals surface area contributed by atoms with Crippen LogP contribution in [0.5, 0.6) is 5.75 Å². The highest BCUT2D eigenvalue weighted by atomic mass is 16.5. The molecule has 1 saturated heterocycles. The molecule has 6 nitrogen and oxygen atoms in total. The molecule has 1 N–H and O–H groups in total. The maximum Gasteiger partial charge on any atom is 0.254 e. The fourth-order valence-corrected chi connectivity index (χ4v) is 3.24. The zero-order valence-electron chi connectivity index (χ0n) is 16.6. The number of hydrogen-bond donors (Lipinski definition) is 1. The molecule has 0 saturated carbocycles. The van der Waals surface area contributed by atoms with Crippen molar-refractivity contribution in [1.29, 1.82) is 0 Å². The number of nitrogens with zero attached hydrogens (tertiary/aromatic N) is 2. The summed E-state index contributed by atoms with van der Waals surface area (Å²) in [5.41, 5.74) is 2.29. The van der Waals surface area contributed by atoms with Crippen LogP contribution in [0.3, 0.4) is 0 Å². The van der Waals surface area contributed by atoms with Gasteiger partial charge >= 0.3 is 0 Å². The lowest BCUT2D eigenvalue weighted by Gasteiger charge is -2.36. The third-order valence-electron chi connectivity index (χ3n) is 4.89. The summed E-state index contributed by atoms with van der Waals surface area (Å²) in [5.74, 6) is 0.661. The Morgan fingerprint density at radius 1 is 1.00 bits per heavy atom. The summed E-state index contributed by atoms with van der Waals surface area (Å²) < 4.78 is 5.45. The van der Waals surface area contributed by atoms with Crippen LogP contribution < -0.4 is 15.0 Å². The molecule has 148 valence electrons. The first-order valence-electron chi connectivity index (χ1n) is 9.57. The van der Waals surface area contributed by atoms with Gasteiger partial charge in [-0.3, -0.25) is 9.59 Å². The second-order valence-electron chi connectivity index (χ2n) is 7.18. The van der Waals surface area contributed by atoms with Crippen molar-refractivity contribution in [1.82, 2.24) is 4.90 Å². The molecule has 0 bridgehead atoms. The van der Waals surface area contributed by atoms with Crippen LogP contribution in [0.1, 0.15) is 24.2 Å². The molecular weight excluding hydrogens is 354 g/mol. The van der Waals surface area contributed by atoms with Gasteiger partial charge in [-0.05, 0) is 30.3 Å². The van der Waals surface area contributed by atoms with Crippen molar-refractivity contribution in [2.45, 2.75) is 13.8 Å². The topological polar surface area (TPSA) is 61.9 Å². The predicted molar refractivity (Wildman–Crippen MR) is 111 cm³/mol. The first kappa shape index (κ1) is 19.7. The molecule has 0 unspecified atom stereocenters. The Labute approximate surface area is 166 Å². The van der Waals surface area contributed by atoms with Crippen molar-refractivity contribution in [3.8, 4) is 5.75 Å². The number of anilines is 2. The van der Waals surface area contributed by atoms with Gasteiger partial charge in [0.2, 0.25) is 5.91 Å². The number of hydrogen-bond acceptors (Lipinski definition) is 4. The van der Waals surface area contributed by atoms with E-state index in [1.54, 1.807) is 31.4 Å². The SMILES string of the molecule is COc1ccccc1N1CCN(C(=O)c2cccc(NC(=O)C(C)C)c2)CC1. The van der Waals surface area contributed by atoms with Gasteiger partial charge in [-0.15, -0.1) is 0 Å². The summed E-state index contributed by atoms with van der Waals surface area (Å²) >= 11 is 0. The van der Waals surface area contributed by atoms with Crippen LogP contribution in [0.2, 0.25) is 0 Å². The number of benzene rings is 2. The number of ether oxygens (including phenoxy) is 1. The van der Waals surface area contributed by atoms with E-state index in [2.05, 4.69) is 10.2 Å². The number of nitrogens with one attached hydrogen (secondary N) is 1. The van der Waals surface area contributed by atoms with E-state index in [-0.39, 0.29) is 17.7 Å². The van der Waals surface area contributed by atoms with E-state index < -0.39 is 0 Å². The van der Waals surface area contributed by atoms with E-state index in [1.165, 1.54) is 0 Å². The number of piperazine rings is 1. The third kappa shape index (κ3) is 4.44. The maximum atomic E-state index is 12.9. The lowest BCUT2D eigenvalue weighted by Crippen LogP contribution is -2.48. The van der Waals surface area contributed by atoms with Gasteiger partial charge in [0, 0.05) is 43.3 Å². The van der Waals surface area contributed by atoms with E-state index in [0.29, 0.717) is 24.3 Å². The molecule has 28 heavy (non-hydrogen) atoms. The quantitative estimate of drug-likeness (QED) is 0.864. The van der Waals surface area contributed by atoms with Crippen molar-refractivity contribution in [3.05, 3.63) is 54.1 Å². The monoisotopic (exact) mass is 381 g/mol. The van der Waals surface area contributed by atoms with E-state index >= 15 is 0 Å². The van der Waals surface area contributed by atoms with Crippen LogP contribution in [-0.4, -0.2) is 50.0 Å². The first-order valence-corrected chi connectivity index (χ1v) is 9.57. The van der Waals surface area contributed by atoms with Gasteiger partial charge in [0.05, 0.1) is 12.8 Å². The summed E-state index contributed by atoms with van der Waals surface area (Å²) in [7, 11) is 1.67. The van der Waals surface area contributed by atoms with Crippen LogP contribution in [0.15, 0.2) is 48.5 Å². The van der Waals surface area contributed by atoms with Crippen molar-refractivity contribution in [2.24, 2.45) is 5.92 Å². The molecule has 2 aromatic carbocycles. The number of rotatable bonds is 5. The summed E-state index contributed by atoms with van der Waals surface area (Å²) in [6.07, 6.45) is 0. The normalized spacial score (nSPS) is 14.1. The second kappa shape index (κ2) is 8.78. The summed E-state index contributed by atoms with van der Waals surface area (Å²) in [6.45, 7) is 6.45. The minimum absolute atomic E-state index is 0.0136. The van der Waals surface area contributed by atoms with Crippen LogP contribution in [0.25, 0.3) is 0 Å².